The molecule has 26 heavy (non-hydrogen) atoms. The van der Waals surface area contributed by atoms with Crippen molar-refractivity contribution in [2.75, 3.05) is 17.2 Å². The number of carbonyl (C=O) groups is 2. The van der Waals surface area contributed by atoms with Crippen molar-refractivity contribution in [2.45, 2.75) is 6.92 Å². The smallest absolute Gasteiger partial charge is 0.259 e. The lowest BCUT2D eigenvalue weighted by molar-refractivity contribution is -0.119. The fourth-order valence-electron chi connectivity index (χ4n) is 2.18. The molecule has 8 heteroatoms. The summed E-state index contributed by atoms with van der Waals surface area (Å²) in [6, 6.07) is 14.9. The quantitative estimate of drug-likeness (QED) is 0.461. The standard InChI is InChI=1S/C18H17N5O2S/c1-12(24)21-14-8-6-13(7-9-14)10-20-23-17(25)11-19-18-22-15-4-2-3-5-16(15)26-18/h2-10H,11H2,1H3,(H,19,22)(H,21,24)(H,23,25)/b20-10-. The molecule has 1 aromatic heterocycles. The molecule has 3 rings (SSSR count). The number of nitrogens with one attached hydrogen (secondary N) is 3. The van der Waals surface area contributed by atoms with E-state index < -0.39 is 0 Å². The predicted octanol–water partition coefficient (Wildman–Crippen LogP) is 2.82. The maximum Gasteiger partial charge on any atom is 0.259 e. The van der Waals surface area contributed by atoms with E-state index in [1.807, 2.05) is 24.3 Å². The van der Waals surface area contributed by atoms with Gasteiger partial charge in [-0.2, -0.15) is 5.10 Å². The topological polar surface area (TPSA) is 95.5 Å². The van der Waals surface area contributed by atoms with Crippen LogP contribution < -0.4 is 16.1 Å². The molecule has 0 spiro atoms. The number of amides is 2. The first-order valence-electron chi connectivity index (χ1n) is 7.89. The van der Waals surface area contributed by atoms with Crippen molar-refractivity contribution < 1.29 is 9.59 Å². The number of hydrogen-bond donors (Lipinski definition) is 3. The van der Waals surface area contributed by atoms with Gasteiger partial charge in [0.2, 0.25) is 5.91 Å². The maximum absolute atomic E-state index is 11.8. The first-order valence-corrected chi connectivity index (χ1v) is 8.71. The van der Waals surface area contributed by atoms with Gasteiger partial charge in [0.15, 0.2) is 5.13 Å². The van der Waals surface area contributed by atoms with Crippen molar-refractivity contribution in [1.82, 2.24) is 10.4 Å². The fraction of sp³-hybridized carbons (Fsp3) is 0.111. The van der Waals surface area contributed by atoms with Crippen LogP contribution in [0.3, 0.4) is 0 Å². The molecule has 0 radical (unpaired) electrons. The van der Waals surface area contributed by atoms with Gasteiger partial charge in [-0.3, -0.25) is 9.59 Å². The minimum absolute atomic E-state index is 0.0820. The van der Waals surface area contributed by atoms with E-state index in [4.69, 9.17) is 0 Å². The van der Waals surface area contributed by atoms with E-state index in [-0.39, 0.29) is 18.4 Å². The Bertz CT molecular complexity index is 917. The van der Waals surface area contributed by atoms with Gasteiger partial charge in [-0.05, 0) is 29.8 Å². The molecule has 2 aromatic carbocycles. The Hall–Kier alpha value is -3.26. The third kappa shape index (κ3) is 4.87. The summed E-state index contributed by atoms with van der Waals surface area (Å²) in [7, 11) is 0. The van der Waals surface area contributed by atoms with Gasteiger partial charge < -0.3 is 10.6 Å². The highest BCUT2D eigenvalue weighted by molar-refractivity contribution is 7.22. The molecule has 0 atom stereocenters. The van der Waals surface area contributed by atoms with E-state index in [0.29, 0.717) is 10.8 Å². The summed E-state index contributed by atoms with van der Waals surface area (Å²) < 4.78 is 1.07. The Kier molecular flexibility index (Phi) is 5.55. The summed E-state index contributed by atoms with van der Waals surface area (Å²) in [6.07, 6.45) is 1.53. The number of benzene rings is 2. The second-order valence-corrected chi connectivity index (χ2v) is 6.47. The summed E-state index contributed by atoms with van der Waals surface area (Å²) in [4.78, 5) is 27.2. The second-order valence-electron chi connectivity index (χ2n) is 5.44. The van der Waals surface area contributed by atoms with E-state index >= 15 is 0 Å². The lowest BCUT2D eigenvalue weighted by atomic mass is 10.2. The van der Waals surface area contributed by atoms with Crippen molar-refractivity contribution in [2.24, 2.45) is 5.10 Å². The molecule has 0 aliphatic rings. The first kappa shape index (κ1) is 17.6. The molecule has 3 N–H and O–H groups in total. The molecule has 3 aromatic rings. The van der Waals surface area contributed by atoms with Gasteiger partial charge in [-0.1, -0.05) is 35.6 Å². The molecule has 7 nitrogen and oxygen atoms in total. The molecule has 0 bridgehead atoms. The average Bonchev–Trinajstić information content (AvgIpc) is 3.04. The van der Waals surface area contributed by atoms with Crippen LogP contribution in [0, 0.1) is 0 Å². The number of thiazole rings is 1. The zero-order valence-corrected chi connectivity index (χ0v) is 14.8. The Labute approximate surface area is 154 Å². The van der Waals surface area contributed by atoms with Crippen molar-refractivity contribution in [1.29, 1.82) is 0 Å². The van der Waals surface area contributed by atoms with Gasteiger partial charge in [0.1, 0.15) is 0 Å². The monoisotopic (exact) mass is 367 g/mol. The molecule has 0 unspecified atom stereocenters. The van der Waals surface area contributed by atoms with Crippen LogP contribution in [-0.2, 0) is 9.59 Å². The van der Waals surface area contributed by atoms with Crippen LogP contribution in [0.15, 0.2) is 53.6 Å². The van der Waals surface area contributed by atoms with Crippen LogP contribution in [-0.4, -0.2) is 29.6 Å². The molecule has 0 aliphatic carbocycles. The molecule has 0 saturated carbocycles. The number of para-hydroxylation sites is 1. The molecule has 0 saturated heterocycles. The van der Waals surface area contributed by atoms with Gasteiger partial charge in [-0.15, -0.1) is 0 Å². The Morgan fingerprint density at radius 3 is 2.65 bits per heavy atom. The molecule has 132 valence electrons. The summed E-state index contributed by atoms with van der Waals surface area (Å²) in [5.41, 5.74) is 4.87. The Morgan fingerprint density at radius 2 is 1.92 bits per heavy atom. The van der Waals surface area contributed by atoms with Gasteiger partial charge in [0.05, 0.1) is 23.0 Å². The number of fused-ring (bicyclic) bond motifs is 1. The van der Waals surface area contributed by atoms with Crippen molar-refractivity contribution >= 4 is 50.4 Å². The summed E-state index contributed by atoms with van der Waals surface area (Å²) >= 11 is 1.49. The van der Waals surface area contributed by atoms with Crippen LogP contribution in [0.1, 0.15) is 12.5 Å². The van der Waals surface area contributed by atoms with Crippen molar-refractivity contribution in [3.05, 3.63) is 54.1 Å². The van der Waals surface area contributed by atoms with Crippen molar-refractivity contribution in [3.8, 4) is 0 Å². The van der Waals surface area contributed by atoms with E-state index in [9.17, 15) is 9.59 Å². The van der Waals surface area contributed by atoms with Crippen LogP contribution in [0.2, 0.25) is 0 Å². The van der Waals surface area contributed by atoms with Gasteiger partial charge in [0, 0.05) is 12.6 Å². The second kappa shape index (κ2) is 8.21. The van der Waals surface area contributed by atoms with Crippen LogP contribution in [0.25, 0.3) is 10.2 Å². The van der Waals surface area contributed by atoms with Crippen molar-refractivity contribution in [3.63, 3.8) is 0 Å². The number of carbonyl (C=O) groups excluding carboxylic acids is 2. The lowest BCUT2D eigenvalue weighted by Gasteiger charge is -2.02. The number of nitrogens with zero attached hydrogens (tertiary/aromatic N) is 2. The summed E-state index contributed by atoms with van der Waals surface area (Å²) in [5, 5.41) is 10.3. The molecule has 0 aliphatic heterocycles. The van der Waals surface area contributed by atoms with Gasteiger partial charge in [0.25, 0.3) is 5.91 Å². The third-order valence-electron chi connectivity index (χ3n) is 3.33. The highest BCUT2D eigenvalue weighted by Gasteiger charge is 2.04. The largest absolute Gasteiger partial charge is 0.352 e. The molecule has 1 heterocycles. The molecule has 2 amide bonds. The molecule has 0 fully saturated rings. The van der Waals surface area contributed by atoms with Gasteiger partial charge >= 0.3 is 0 Å². The number of anilines is 2. The van der Waals surface area contributed by atoms with E-state index in [1.54, 1.807) is 24.3 Å². The Morgan fingerprint density at radius 1 is 1.15 bits per heavy atom. The minimum Gasteiger partial charge on any atom is -0.352 e. The zero-order chi connectivity index (χ0) is 18.4. The number of hydrogen-bond acceptors (Lipinski definition) is 6. The highest BCUT2D eigenvalue weighted by Crippen LogP contribution is 2.24. The van der Waals surface area contributed by atoms with Crippen LogP contribution >= 0.6 is 11.3 Å². The third-order valence-corrected chi connectivity index (χ3v) is 4.32. The fourth-order valence-corrected chi connectivity index (χ4v) is 3.04. The number of rotatable bonds is 6. The zero-order valence-electron chi connectivity index (χ0n) is 14.0. The number of aromatic nitrogens is 1. The van der Waals surface area contributed by atoms with Crippen LogP contribution in [0.4, 0.5) is 10.8 Å². The van der Waals surface area contributed by atoms with Gasteiger partial charge in [-0.25, -0.2) is 10.4 Å². The lowest BCUT2D eigenvalue weighted by Crippen LogP contribution is -2.25. The SMILES string of the molecule is CC(=O)Nc1ccc(/C=N\NC(=O)CNc2nc3ccccc3s2)cc1. The Balaban J connectivity index is 1.47. The molecular weight excluding hydrogens is 350 g/mol. The van der Waals surface area contributed by atoms with E-state index in [0.717, 1.165) is 15.8 Å². The van der Waals surface area contributed by atoms with E-state index in [2.05, 4.69) is 26.1 Å². The molecular formula is C18H17N5O2S. The maximum atomic E-state index is 11.8. The summed E-state index contributed by atoms with van der Waals surface area (Å²) in [6.45, 7) is 1.53. The number of hydrazone groups is 1. The first-order chi connectivity index (χ1) is 12.6. The summed E-state index contributed by atoms with van der Waals surface area (Å²) in [5.74, 6) is -0.394. The highest BCUT2D eigenvalue weighted by atomic mass is 32.1. The predicted molar refractivity (Wildman–Crippen MR) is 105 cm³/mol. The minimum atomic E-state index is -0.268. The average molecular weight is 367 g/mol. The van der Waals surface area contributed by atoms with Crippen LogP contribution in [0.5, 0.6) is 0 Å². The van der Waals surface area contributed by atoms with E-state index in [1.165, 1.54) is 24.5 Å². The normalized spacial score (nSPS) is 10.8.